The highest BCUT2D eigenvalue weighted by Crippen LogP contribution is 2.41. The third kappa shape index (κ3) is 5.68. The number of carbonyl (C=O) groups is 1. The normalized spacial score (nSPS) is 28.1. The first-order valence-corrected chi connectivity index (χ1v) is 13.2. The minimum absolute atomic E-state index is 0.0213. The minimum Gasteiger partial charge on any atom is -0.352 e. The first-order chi connectivity index (χ1) is 15.9. The van der Waals surface area contributed by atoms with Gasteiger partial charge in [0, 0.05) is 29.2 Å². The van der Waals surface area contributed by atoms with Crippen molar-refractivity contribution in [3.8, 4) is 0 Å². The predicted octanol–water partition coefficient (Wildman–Crippen LogP) is 6.20. The number of benzene rings is 1. The minimum atomic E-state index is -0.231. The van der Waals surface area contributed by atoms with E-state index in [1.165, 1.54) is 12.8 Å². The number of hydrogen-bond acceptors (Lipinski definition) is 3. The van der Waals surface area contributed by atoms with Crippen LogP contribution in [0, 0.1) is 11.3 Å². The summed E-state index contributed by atoms with van der Waals surface area (Å²) in [6, 6.07) is 10.1. The molecule has 34 heavy (non-hydrogen) atoms. The number of hydrogen-bond donors (Lipinski definition) is 2. The molecule has 1 aromatic heterocycles. The van der Waals surface area contributed by atoms with Crippen molar-refractivity contribution in [1.82, 2.24) is 20.4 Å². The zero-order valence-corrected chi connectivity index (χ0v) is 22.3. The third-order valence-corrected chi connectivity index (χ3v) is 8.05. The van der Waals surface area contributed by atoms with E-state index in [4.69, 9.17) is 16.7 Å². The SMILES string of the molecule is CC(C)(C)C1CCC(NC(=O)[C@@H]2CC(c3ccn(C(C)(C)C)n3)[C@H](c3ccc(Cl)cc3)N2)CC1. The molecule has 6 heteroatoms. The van der Waals surface area contributed by atoms with Crippen LogP contribution in [0.1, 0.15) is 96.9 Å². The highest BCUT2D eigenvalue weighted by Gasteiger charge is 2.41. The van der Waals surface area contributed by atoms with Crippen LogP contribution in [0.15, 0.2) is 36.5 Å². The molecule has 0 spiro atoms. The molecular formula is C28H41ClN4O. The average Bonchev–Trinajstić information content (AvgIpc) is 3.41. The fourth-order valence-electron chi connectivity index (χ4n) is 5.58. The Morgan fingerprint density at radius 1 is 1.03 bits per heavy atom. The number of nitrogens with zero attached hydrogens (tertiary/aromatic N) is 2. The van der Waals surface area contributed by atoms with E-state index in [0.29, 0.717) is 5.41 Å². The van der Waals surface area contributed by atoms with Crippen LogP contribution in [-0.4, -0.2) is 27.8 Å². The molecular weight excluding hydrogens is 444 g/mol. The maximum absolute atomic E-state index is 13.3. The summed E-state index contributed by atoms with van der Waals surface area (Å²) in [5.74, 6) is 0.981. The van der Waals surface area contributed by atoms with Crippen molar-refractivity contribution in [2.75, 3.05) is 0 Å². The summed E-state index contributed by atoms with van der Waals surface area (Å²) >= 11 is 6.15. The predicted molar refractivity (Wildman–Crippen MR) is 139 cm³/mol. The van der Waals surface area contributed by atoms with Gasteiger partial charge in [-0.25, -0.2) is 0 Å². The molecule has 1 aliphatic heterocycles. The zero-order chi connectivity index (χ0) is 24.7. The second kappa shape index (κ2) is 9.66. The third-order valence-electron chi connectivity index (χ3n) is 7.79. The largest absolute Gasteiger partial charge is 0.352 e. The Morgan fingerprint density at radius 2 is 1.68 bits per heavy atom. The van der Waals surface area contributed by atoms with Crippen LogP contribution in [0.3, 0.4) is 0 Å². The van der Waals surface area contributed by atoms with Gasteiger partial charge in [0.1, 0.15) is 0 Å². The maximum Gasteiger partial charge on any atom is 0.237 e. The van der Waals surface area contributed by atoms with Crippen LogP contribution in [0.25, 0.3) is 0 Å². The highest BCUT2D eigenvalue weighted by molar-refractivity contribution is 6.30. The van der Waals surface area contributed by atoms with Crippen molar-refractivity contribution in [1.29, 1.82) is 0 Å². The highest BCUT2D eigenvalue weighted by atomic mass is 35.5. The summed E-state index contributed by atoms with van der Waals surface area (Å²) in [4.78, 5) is 13.3. The van der Waals surface area contributed by atoms with Crippen LogP contribution in [0.5, 0.6) is 0 Å². The van der Waals surface area contributed by atoms with E-state index in [0.717, 1.165) is 41.5 Å². The molecule has 3 atom stereocenters. The lowest BCUT2D eigenvalue weighted by Gasteiger charge is -2.37. The van der Waals surface area contributed by atoms with E-state index in [-0.39, 0.29) is 35.5 Å². The zero-order valence-electron chi connectivity index (χ0n) is 21.6. The van der Waals surface area contributed by atoms with E-state index in [9.17, 15) is 4.79 Å². The van der Waals surface area contributed by atoms with E-state index in [1.807, 2.05) is 16.8 Å². The number of halogens is 1. The fraction of sp³-hybridized carbons (Fsp3) is 0.643. The molecule has 2 aliphatic rings. The van der Waals surface area contributed by atoms with Crippen LogP contribution in [0.2, 0.25) is 5.02 Å². The number of amides is 1. The lowest BCUT2D eigenvalue weighted by atomic mass is 9.71. The van der Waals surface area contributed by atoms with Crippen LogP contribution < -0.4 is 10.6 Å². The van der Waals surface area contributed by atoms with Gasteiger partial charge in [0.2, 0.25) is 5.91 Å². The molecule has 5 nitrogen and oxygen atoms in total. The number of nitrogens with one attached hydrogen (secondary N) is 2. The summed E-state index contributed by atoms with van der Waals surface area (Å²) in [5.41, 5.74) is 2.43. The van der Waals surface area contributed by atoms with E-state index in [2.05, 4.69) is 76.6 Å². The van der Waals surface area contributed by atoms with Gasteiger partial charge in [0.25, 0.3) is 0 Å². The lowest BCUT2D eigenvalue weighted by molar-refractivity contribution is -0.123. The first kappa shape index (κ1) is 25.2. The van der Waals surface area contributed by atoms with E-state index < -0.39 is 0 Å². The average molecular weight is 485 g/mol. The summed E-state index contributed by atoms with van der Waals surface area (Å²) in [7, 11) is 0. The fourth-order valence-corrected chi connectivity index (χ4v) is 5.70. The van der Waals surface area contributed by atoms with Gasteiger partial charge in [-0.15, -0.1) is 0 Å². The molecule has 1 unspecified atom stereocenters. The van der Waals surface area contributed by atoms with Crippen molar-refractivity contribution < 1.29 is 4.79 Å². The quantitative estimate of drug-likeness (QED) is 0.543. The molecule has 1 aromatic carbocycles. The Morgan fingerprint density at radius 3 is 2.24 bits per heavy atom. The van der Waals surface area contributed by atoms with Gasteiger partial charge < -0.3 is 5.32 Å². The standard InChI is InChI=1S/C28H41ClN4O/c1-27(2,3)19-9-13-21(14-10-19)30-26(34)24-17-22(23-15-16-33(32-23)28(4,5)6)25(31-24)18-7-11-20(29)12-8-18/h7-8,11-12,15-16,19,21-22,24-25,31H,9-10,13-14,17H2,1-6H3,(H,30,34)/t19?,21?,22?,24-,25-/m0/s1. The van der Waals surface area contributed by atoms with Crippen LogP contribution >= 0.6 is 11.6 Å². The van der Waals surface area contributed by atoms with Gasteiger partial charge in [-0.1, -0.05) is 44.5 Å². The molecule has 2 fully saturated rings. The number of rotatable bonds is 4. The van der Waals surface area contributed by atoms with Gasteiger partial charge >= 0.3 is 0 Å². The summed E-state index contributed by atoms with van der Waals surface area (Å²) in [6.07, 6.45) is 7.30. The summed E-state index contributed by atoms with van der Waals surface area (Å²) < 4.78 is 2.02. The molecule has 2 aromatic rings. The summed E-state index contributed by atoms with van der Waals surface area (Å²) in [5, 5.41) is 12.6. The van der Waals surface area contributed by atoms with Gasteiger partial charge in [0.05, 0.1) is 17.3 Å². The molecule has 1 saturated heterocycles. The first-order valence-electron chi connectivity index (χ1n) is 12.8. The number of carbonyl (C=O) groups excluding carboxylic acids is 1. The lowest BCUT2D eigenvalue weighted by Crippen LogP contribution is -2.47. The van der Waals surface area contributed by atoms with Gasteiger partial charge in [-0.05, 0) is 88.0 Å². The monoisotopic (exact) mass is 484 g/mol. The Balaban J connectivity index is 1.48. The van der Waals surface area contributed by atoms with Crippen molar-refractivity contribution in [2.45, 2.75) is 103 Å². The number of aromatic nitrogens is 2. The second-order valence-electron chi connectivity index (χ2n) is 12.4. The Hall–Kier alpha value is -1.85. The summed E-state index contributed by atoms with van der Waals surface area (Å²) in [6.45, 7) is 13.4. The smallest absolute Gasteiger partial charge is 0.237 e. The van der Waals surface area contributed by atoms with E-state index >= 15 is 0 Å². The van der Waals surface area contributed by atoms with Crippen molar-refractivity contribution >= 4 is 17.5 Å². The van der Waals surface area contributed by atoms with Gasteiger partial charge in [-0.2, -0.15) is 5.10 Å². The van der Waals surface area contributed by atoms with E-state index in [1.54, 1.807) is 0 Å². The Bertz CT molecular complexity index is 977. The molecule has 1 aliphatic carbocycles. The molecule has 1 amide bonds. The van der Waals surface area contributed by atoms with Crippen molar-refractivity contribution in [3.63, 3.8) is 0 Å². The Labute approximate surface area is 210 Å². The molecule has 0 bridgehead atoms. The van der Waals surface area contributed by atoms with Crippen molar-refractivity contribution in [3.05, 3.63) is 52.8 Å². The molecule has 1 saturated carbocycles. The van der Waals surface area contributed by atoms with Crippen LogP contribution in [-0.2, 0) is 10.3 Å². The van der Waals surface area contributed by atoms with Crippen molar-refractivity contribution in [2.24, 2.45) is 11.3 Å². The van der Waals surface area contributed by atoms with Gasteiger partial charge in [0.15, 0.2) is 0 Å². The van der Waals surface area contributed by atoms with Gasteiger partial charge in [-0.3, -0.25) is 14.8 Å². The molecule has 2 heterocycles. The Kier molecular flexibility index (Phi) is 7.17. The molecule has 0 radical (unpaired) electrons. The topological polar surface area (TPSA) is 59.0 Å². The van der Waals surface area contributed by atoms with Crippen LogP contribution in [0.4, 0.5) is 0 Å². The maximum atomic E-state index is 13.3. The molecule has 186 valence electrons. The molecule has 2 N–H and O–H groups in total. The molecule has 4 rings (SSSR count). The second-order valence-corrected chi connectivity index (χ2v) is 12.8.